The Kier molecular flexibility index (Phi) is 6.21. The van der Waals surface area contributed by atoms with Crippen LogP contribution in [0.15, 0.2) is 11.6 Å². The van der Waals surface area contributed by atoms with Gasteiger partial charge in [-0.05, 0) is 59.8 Å². The number of esters is 2. The molecular formula is C18H30O4. The summed E-state index contributed by atoms with van der Waals surface area (Å²) in [5.41, 5.74) is -0.566. The quantitative estimate of drug-likeness (QED) is 0.691. The monoisotopic (exact) mass is 310 g/mol. The molecule has 0 aromatic carbocycles. The highest BCUT2D eigenvalue weighted by Crippen LogP contribution is 2.30. The van der Waals surface area contributed by atoms with Gasteiger partial charge >= 0.3 is 11.9 Å². The lowest BCUT2D eigenvalue weighted by Crippen LogP contribution is -2.36. The van der Waals surface area contributed by atoms with Gasteiger partial charge in [0, 0.05) is 5.57 Å². The molecule has 4 nitrogen and oxygen atoms in total. The molecule has 0 saturated carbocycles. The minimum atomic E-state index is -0.521. The van der Waals surface area contributed by atoms with E-state index in [2.05, 4.69) is 0 Å². The van der Waals surface area contributed by atoms with Crippen molar-refractivity contribution in [3.05, 3.63) is 11.6 Å². The molecule has 0 amide bonds. The highest BCUT2D eigenvalue weighted by molar-refractivity contribution is 5.96. The smallest absolute Gasteiger partial charge is 0.335 e. The zero-order valence-electron chi connectivity index (χ0n) is 14.8. The molecule has 0 spiro atoms. The van der Waals surface area contributed by atoms with Gasteiger partial charge in [-0.25, -0.2) is 4.79 Å². The molecule has 4 heteroatoms. The van der Waals surface area contributed by atoms with E-state index in [1.165, 1.54) is 0 Å². The molecule has 126 valence electrons. The normalized spacial score (nSPS) is 19.4. The van der Waals surface area contributed by atoms with Crippen molar-refractivity contribution in [2.75, 3.05) is 0 Å². The predicted octanol–water partition coefficient (Wildman–Crippen LogP) is 4.18. The Labute approximate surface area is 134 Å². The summed E-state index contributed by atoms with van der Waals surface area (Å²) in [5.74, 6) is -1.20. The molecule has 1 unspecified atom stereocenters. The van der Waals surface area contributed by atoms with Crippen LogP contribution in [0.1, 0.15) is 73.6 Å². The van der Waals surface area contributed by atoms with E-state index in [0.29, 0.717) is 12.0 Å². The molecule has 0 aliphatic heterocycles. The fourth-order valence-corrected chi connectivity index (χ4v) is 2.15. The third kappa shape index (κ3) is 5.15. The number of rotatable bonds is 6. The number of allylic oxidation sites excluding steroid dienone is 1. The Morgan fingerprint density at radius 1 is 1.09 bits per heavy atom. The van der Waals surface area contributed by atoms with Crippen LogP contribution in [0.25, 0.3) is 0 Å². The first-order valence-electron chi connectivity index (χ1n) is 8.28. The summed E-state index contributed by atoms with van der Waals surface area (Å²) in [5, 5.41) is 0. The van der Waals surface area contributed by atoms with E-state index >= 15 is 0 Å². The van der Waals surface area contributed by atoms with Crippen molar-refractivity contribution < 1.29 is 19.1 Å². The van der Waals surface area contributed by atoms with Gasteiger partial charge in [-0.1, -0.05) is 19.9 Å². The van der Waals surface area contributed by atoms with E-state index in [1.54, 1.807) is 0 Å². The zero-order valence-corrected chi connectivity index (χ0v) is 14.8. The minimum absolute atomic E-state index is 0.316. The lowest BCUT2D eigenvalue weighted by molar-refractivity contribution is -0.164. The minimum Gasteiger partial charge on any atom is -0.459 e. The number of hydrogen-bond acceptors (Lipinski definition) is 4. The second kappa shape index (κ2) is 7.30. The van der Waals surface area contributed by atoms with Crippen LogP contribution in [-0.4, -0.2) is 23.1 Å². The third-order valence-electron chi connectivity index (χ3n) is 4.41. The SMILES string of the molecule is CCC(C)(C)OC(=O)C1=CCCCC1C(=O)OC(C)(C)CC. The molecule has 0 N–H and O–H groups in total. The Morgan fingerprint density at radius 2 is 1.64 bits per heavy atom. The van der Waals surface area contributed by atoms with Crippen LogP contribution in [0.3, 0.4) is 0 Å². The van der Waals surface area contributed by atoms with Crippen LogP contribution in [0.4, 0.5) is 0 Å². The molecule has 0 aromatic rings. The van der Waals surface area contributed by atoms with Crippen LogP contribution >= 0.6 is 0 Å². The van der Waals surface area contributed by atoms with E-state index in [9.17, 15) is 9.59 Å². The topological polar surface area (TPSA) is 52.6 Å². The van der Waals surface area contributed by atoms with Crippen molar-refractivity contribution in [3.8, 4) is 0 Å². The summed E-state index contributed by atoms with van der Waals surface area (Å²) in [6.07, 6.45) is 5.63. The average molecular weight is 310 g/mol. The van der Waals surface area contributed by atoms with Crippen molar-refractivity contribution in [2.24, 2.45) is 5.92 Å². The fourth-order valence-electron chi connectivity index (χ4n) is 2.15. The molecule has 1 rings (SSSR count). The lowest BCUT2D eigenvalue weighted by atomic mass is 9.87. The van der Waals surface area contributed by atoms with E-state index in [-0.39, 0.29) is 11.9 Å². The standard InChI is InChI=1S/C18H30O4/c1-7-17(3,4)21-15(19)13-11-9-10-12-14(13)16(20)22-18(5,6)8-2/h11,14H,7-10,12H2,1-6H3. The highest BCUT2D eigenvalue weighted by Gasteiger charge is 2.36. The van der Waals surface area contributed by atoms with Gasteiger partial charge in [-0.2, -0.15) is 0 Å². The Bertz CT molecular complexity index is 446. The van der Waals surface area contributed by atoms with Gasteiger partial charge in [0.25, 0.3) is 0 Å². The Hall–Kier alpha value is -1.32. The van der Waals surface area contributed by atoms with E-state index in [1.807, 2.05) is 47.6 Å². The highest BCUT2D eigenvalue weighted by atomic mass is 16.6. The molecule has 1 aliphatic carbocycles. The zero-order chi connectivity index (χ0) is 17.0. The van der Waals surface area contributed by atoms with Crippen LogP contribution in [-0.2, 0) is 19.1 Å². The third-order valence-corrected chi connectivity index (χ3v) is 4.41. The van der Waals surface area contributed by atoms with Crippen molar-refractivity contribution in [3.63, 3.8) is 0 Å². The van der Waals surface area contributed by atoms with E-state index in [4.69, 9.17) is 9.47 Å². The fraction of sp³-hybridized carbons (Fsp3) is 0.778. The van der Waals surface area contributed by atoms with E-state index < -0.39 is 17.1 Å². The first-order valence-corrected chi connectivity index (χ1v) is 8.28. The molecule has 0 saturated heterocycles. The number of ether oxygens (including phenoxy) is 2. The van der Waals surface area contributed by atoms with Crippen molar-refractivity contribution >= 4 is 11.9 Å². The Morgan fingerprint density at radius 3 is 2.18 bits per heavy atom. The second-order valence-electron chi connectivity index (χ2n) is 7.18. The van der Waals surface area contributed by atoms with E-state index in [0.717, 1.165) is 25.7 Å². The summed E-state index contributed by atoms with van der Waals surface area (Å²) < 4.78 is 11.1. The van der Waals surface area contributed by atoms with Crippen molar-refractivity contribution in [1.82, 2.24) is 0 Å². The van der Waals surface area contributed by atoms with Gasteiger partial charge in [0.15, 0.2) is 0 Å². The van der Waals surface area contributed by atoms with Crippen LogP contribution < -0.4 is 0 Å². The molecule has 0 heterocycles. The van der Waals surface area contributed by atoms with Gasteiger partial charge in [-0.15, -0.1) is 0 Å². The molecule has 0 aromatic heterocycles. The average Bonchev–Trinajstić information content (AvgIpc) is 2.46. The molecule has 1 atom stereocenters. The predicted molar refractivity (Wildman–Crippen MR) is 86.3 cm³/mol. The molecule has 0 bridgehead atoms. The molecule has 22 heavy (non-hydrogen) atoms. The summed E-state index contributed by atoms with van der Waals surface area (Å²) >= 11 is 0. The Balaban J connectivity index is 2.86. The maximum atomic E-state index is 12.5. The molecule has 0 fully saturated rings. The summed E-state index contributed by atoms with van der Waals surface area (Å²) in [6.45, 7) is 11.5. The summed E-state index contributed by atoms with van der Waals surface area (Å²) in [4.78, 5) is 24.9. The number of carbonyl (C=O) groups excluding carboxylic acids is 2. The molecule has 0 radical (unpaired) electrons. The summed E-state index contributed by atoms with van der Waals surface area (Å²) in [7, 11) is 0. The first-order chi connectivity index (χ1) is 10.1. The van der Waals surface area contributed by atoms with Crippen LogP contribution in [0.5, 0.6) is 0 Å². The van der Waals surface area contributed by atoms with Gasteiger partial charge in [-0.3, -0.25) is 4.79 Å². The van der Waals surface area contributed by atoms with Gasteiger partial charge in [0.1, 0.15) is 11.2 Å². The molecule has 1 aliphatic rings. The van der Waals surface area contributed by atoms with Crippen molar-refractivity contribution in [2.45, 2.75) is 84.8 Å². The second-order valence-corrected chi connectivity index (χ2v) is 7.18. The lowest BCUT2D eigenvalue weighted by Gasteiger charge is -2.30. The van der Waals surface area contributed by atoms with Gasteiger partial charge in [0.2, 0.25) is 0 Å². The van der Waals surface area contributed by atoms with Crippen LogP contribution in [0, 0.1) is 5.92 Å². The summed E-state index contributed by atoms with van der Waals surface area (Å²) in [6, 6.07) is 0. The first kappa shape index (κ1) is 18.7. The van der Waals surface area contributed by atoms with Gasteiger partial charge < -0.3 is 9.47 Å². The molecular weight excluding hydrogens is 280 g/mol. The van der Waals surface area contributed by atoms with Crippen LogP contribution in [0.2, 0.25) is 0 Å². The largest absolute Gasteiger partial charge is 0.459 e. The number of hydrogen-bond donors (Lipinski definition) is 0. The maximum absolute atomic E-state index is 12.5. The maximum Gasteiger partial charge on any atom is 0.335 e. The van der Waals surface area contributed by atoms with Crippen molar-refractivity contribution in [1.29, 1.82) is 0 Å². The van der Waals surface area contributed by atoms with Gasteiger partial charge in [0.05, 0.1) is 5.92 Å². The number of carbonyl (C=O) groups is 2.